The summed E-state index contributed by atoms with van der Waals surface area (Å²) in [7, 11) is 0. The van der Waals surface area contributed by atoms with Gasteiger partial charge in [-0.2, -0.15) is 15.0 Å². The summed E-state index contributed by atoms with van der Waals surface area (Å²) in [4.78, 5) is 19.2. The van der Waals surface area contributed by atoms with Gasteiger partial charge in [0.05, 0.1) is 11.8 Å². The van der Waals surface area contributed by atoms with Crippen LogP contribution in [0.25, 0.3) is 11.0 Å². The van der Waals surface area contributed by atoms with Crippen molar-refractivity contribution in [2.24, 2.45) is 40.9 Å². The number of Topliss-reactive ketones (excluding diaryl/α,β-unsaturated/α-hetero) is 1. The van der Waals surface area contributed by atoms with E-state index in [1.807, 2.05) is 13.0 Å². The van der Waals surface area contributed by atoms with Crippen molar-refractivity contribution in [3.05, 3.63) is 18.5 Å². The normalized spacial score (nSPS) is 43.5. The van der Waals surface area contributed by atoms with E-state index in [2.05, 4.69) is 22.1 Å². The van der Waals surface area contributed by atoms with Crippen molar-refractivity contribution >= 4 is 16.8 Å². The second-order valence-electron chi connectivity index (χ2n) is 11.9. The maximum atomic E-state index is 13.5. The molecule has 4 saturated carbocycles. The highest BCUT2D eigenvalue weighted by Gasteiger charge is 2.58. The number of carbonyl (C=O) groups excluding carboxylic acids is 1. The predicted molar refractivity (Wildman–Crippen MR) is 122 cm³/mol. The van der Waals surface area contributed by atoms with E-state index in [9.17, 15) is 9.90 Å². The maximum absolute atomic E-state index is 13.5. The lowest BCUT2D eigenvalue weighted by molar-refractivity contribution is -0.133. The van der Waals surface area contributed by atoms with Crippen LogP contribution < -0.4 is 0 Å². The summed E-state index contributed by atoms with van der Waals surface area (Å²) in [5.41, 5.74) is 1.22. The Balaban J connectivity index is 1.18. The number of nitrogens with zero attached hydrogens (tertiary/aromatic N) is 4. The van der Waals surface area contributed by atoms with Crippen LogP contribution in [0.3, 0.4) is 0 Å². The molecular formula is C26H36N4O2. The van der Waals surface area contributed by atoms with Crippen molar-refractivity contribution in [3.63, 3.8) is 0 Å². The lowest BCUT2D eigenvalue weighted by Crippen LogP contribution is -2.51. The fourth-order valence-electron chi connectivity index (χ4n) is 8.74. The van der Waals surface area contributed by atoms with E-state index in [1.54, 1.807) is 17.2 Å². The highest BCUT2D eigenvalue weighted by molar-refractivity contribution is 5.82. The third kappa shape index (κ3) is 3.24. The predicted octanol–water partition coefficient (Wildman–Crippen LogP) is 4.42. The van der Waals surface area contributed by atoms with Crippen LogP contribution >= 0.6 is 0 Å². The van der Waals surface area contributed by atoms with Crippen LogP contribution in [0.4, 0.5) is 0 Å². The molecule has 32 heavy (non-hydrogen) atoms. The van der Waals surface area contributed by atoms with E-state index in [0.29, 0.717) is 17.6 Å². The second-order valence-corrected chi connectivity index (χ2v) is 11.9. The number of carbonyl (C=O) groups is 1. The summed E-state index contributed by atoms with van der Waals surface area (Å²) in [6.45, 7) is 4.72. The van der Waals surface area contributed by atoms with Gasteiger partial charge in [0, 0.05) is 12.1 Å². The Morgan fingerprint density at radius 2 is 1.84 bits per heavy atom. The van der Waals surface area contributed by atoms with E-state index in [4.69, 9.17) is 0 Å². The highest BCUT2D eigenvalue weighted by atomic mass is 16.3. The van der Waals surface area contributed by atoms with Crippen LogP contribution in [0.2, 0.25) is 0 Å². The molecule has 0 bridgehead atoms. The molecule has 1 N–H and O–H groups in total. The molecule has 4 aliphatic carbocycles. The minimum Gasteiger partial charge on any atom is -0.390 e. The molecule has 1 unspecified atom stereocenters. The van der Waals surface area contributed by atoms with E-state index in [0.717, 1.165) is 48.0 Å². The van der Waals surface area contributed by atoms with E-state index in [1.165, 1.54) is 38.5 Å². The minimum absolute atomic E-state index is 0.124. The molecule has 6 rings (SSSR count). The summed E-state index contributed by atoms with van der Waals surface area (Å²) >= 11 is 0. The zero-order valence-electron chi connectivity index (χ0n) is 19.4. The molecule has 6 heteroatoms. The topological polar surface area (TPSA) is 80.9 Å². The van der Waals surface area contributed by atoms with Gasteiger partial charge < -0.3 is 5.11 Å². The molecule has 4 aliphatic rings. The first kappa shape index (κ1) is 20.8. The van der Waals surface area contributed by atoms with Gasteiger partial charge in [0.2, 0.25) is 0 Å². The number of hydrogen-bond donors (Lipinski definition) is 1. The van der Waals surface area contributed by atoms with Crippen molar-refractivity contribution < 1.29 is 9.90 Å². The lowest BCUT2D eigenvalue weighted by atomic mass is 9.49. The molecule has 2 aromatic rings. The lowest BCUT2D eigenvalue weighted by Gasteiger charge is -2.56. The Labute approximate surface area is 190 Å². The molecule has 172 valence electrons. The van der Waals surface area contributed by atoms with Crippen LogP contribution in [0.5, 0.6) is 0 Å². The van der Waals surface area contributed by atoms with Crippen LogP contribution in [-0.2, 0) is 11.3 Å². The van der Waals surface area contributed by atoms with Crippen molar-refractivity contribution in [2.45, 2.75) is 83.8 Å². The summed E-state index contributed by atoms with van der Waals surface area (Å²) in [6.07, 6.45) is 13.8. The second kappa shape index (κ2) is 7.34. The summed E-state index contributed by atoms with van der Waals surface area (Å²) in [5.74, 6) is 4.19. The SMILES string of the molecule is C[C@@]1(O)CC[C@H]2[C@@H](CCC3[C@@H]2CC[C@]2(C)[C@@H](C(=O)Cn4nc5ccncc5n4)CC[C@@H]32)C1. The molecule has 8 atom stereocenters. The quantitative estimate of drug-likeness (QED) is 0.771. The first-order valence-corrected chi connectivity index (χ1v) is 12.7. The van der Waals surface area contributed by atoms with Gasteiger partial charge in [0.1, 0.15) is 17.6 Å². The largest absolute Gasteiger partial charge is 0.390 e. The molecule has 0 radical (unpaired) electrons. The third-order valence-corrected chi connectivity index (χ3v) is 10.1. The van der Waals surface area contributed by atoms with Gasteiger partial charge >= 0.3 is 0 Å². The fourth-order valence-corrected chi connectivity index (χ4v) is 8.74. The van der Waals surface area contributed by atoms with Crippen LogP contribution in [0, 0.1) is 40.9 Å². The van der Waals surface area contributed by atoms with Crippen LogP contribution in [0.15, 0.2) is 18.5 Å². The zero-order valence-corrected chi connectivity index (χ0v) is 19.4. The molecule has 0 saturated heterocycles. The Morgan fingerprint density at radius 1 is 1.03 bits per heavy atom. The number of pyridine rings is 1. The monoisotopic (exact) mass is 436 g/mol. The smallest absolute Gasteiger partial charge is 0.159 e. The van der Waals surface area contributed by atoms with Gasteiger partial charge in [-0.05, 0) is 106 Å². The number of fused-ring (bicyclic) bond motifs is 6. The summed E-state index contributed by atoms with van der Waals surface area (Å²) < 4.78 is 0. The van der Waals surface area contributed by atoms with Gasteiger partial charge in [0.15, 0.2) is 5.78 Å². The minimum atomic E-state index is -0.455. The first-order chi connectivity index (χ1) is 15.3. The van der Waals surface area contributed by atoms with Crippen LogP contribution in [0.1, 0.15) is 71.6 Å². The molecule has 2 aromatic heterocycles. The first-order valence-electron chi connectivity index (χ1n) is 12.7. The average molecular weight is 437 g/mol. The number of aliphatic hydroxyl groups is 1. The maximum Gasteiger partial charge on any atom is 0.159 e. The molecule has 0 spiro atoms. The number of hydrogen-bond acceptors (Lipinski definition) is 5. The van der Waals surface area contributed by atoms with Crippen LogP contribution in [-0.4, -0.2) is 36.5 Å². The third-order valence-electron chi connectivity index (χ3n) is 10.1. The molecule has 4 fully saturated rings. The van der Waals surface area contributed by atoms with Crippen molar-refractivity contribution in [2.75, 3.05) is 0 Å². The van der Waals surface area contributed by atoms with Crippen molar-refractivity contribution in [3.8, 4) is 0 Å². The molecule has 0 aliphatic heterocycles. The van der Waals surface area contributed by atoms with Gasteiger partial charge in [-0.25, -0.2) is 0 Å². The molecule has 0 aromatic carbocycles. The summed E-state index contributed by atoms with van der Waals surface area (Å²) in [5, 5.41) is 19.6. The Kier molecular flexibility index (Phi) is 4.76. The zero-order chi connectivity index (χ0) is 22.1. The van der Waals surface area contributed by atoms with Gasteiger partial charge in [-0.3, -0.25) is 9.78 Å². The molecule has 2 heterocycles. The number of aromatic nitrogens is 4. The Bertz CT molecular complexity index is 999. The Hall–Kier alpha value is -1.82. The van der Waals surface area contributed by atoms with Gasteiger partial charge in [-0.15, -0.1) is 0 Å². The van der Waals surface area contributed by atoms with Gasteiger partial charge in [-0.1, -0.05) is 6.92 Å². The number of rotatable bonds is 3. The molecule has 6 nitrogen and oxygen atoms in total. The van der Waals surface area contributed by atoms with E-state index < -0.39 is 5.60 Å². The standard InChI is InChI=1S/C26H36N4O2/c1-25(32)10-7-17-16(13-25)3-4-19-18(17)8-11-26(2)20(19)5-6-21(26)24(31)15-30-28-22-9-12-27-14-23(22)29-30/h9,12,14,16-21,32H,3-8,10-11,13,15H2,1-2H3/t16-,17-,18+,19?,20-,21+,25+,26-/m0/s1. The summed E-state index contributed by atoms with van der Waals surface area (Å²) in [6, 6.07) is 1.85. The van der Waals surface area contributed by atoms with E-state index >= 15 is 0 Å². The highest BCUT2D eigenvalue weighted by Crippen LogP contribution is 2.64. The number of ketones is 1. The Morgan fingerprint density at radius 3 is 2.69 bits per heavy atom. The molecular weight excluding hydrogens is 400 g/mol. The van der Waals surface area contributed by atoms with Gasteiger partial charge in [0.25, 0.3) is 0 Å². The van der Waals surface area contributed by atoms with Crippen molar-refractivity contribution in [1.29, 1.82) is 0 Å². The molecule has 0 amide bonds. The van der Waals surface area contributed by atoms with Crippen molar-refractivity contribution in [1.82, 2.24) is 20.0 Å². The average Bonchev–Trinajstić information content (AvgIpc) is 3.32. The van der Waals surface area contributed by atoms with E-state index in [-0.39, 0.29) is 17.9 Å². The fraction of sp³-hybridized carbons (Fsp3) is 0.769.